The highest BCUT2D eigenvalue weighted by Gasteiger charge is 2.54. The van der Waals surface area contributed by atoms with Gasteiger partial charge in [0.1, 0.15) is 6.29 Å². The van der Waals surface area contributed by atoms with Crippen LogP contribution < -0.4 is 0 Å². The molecule has 128 valence electrons. The van der Waals surface area contributed by atoms with Gasteiger partial charge in [0, 0.05) is 12.0 Å². The molecule has 2 aliphatic rings. The Morgan fingerprint density at radius 3 is 2.41 bits per heavy atom. The molecule has 0 N–H and O–H groups in total. The SMILES string of the molecule is C[C@H](C=O)[C@H]1CC[C@H]2[C@@H](O[Si](C)(C)C(C)(C)C)CCC[C@@]12C. The molecule has 0 heterocycles. The van der Waals surface area contributed by atoms with Gasteiger partial charge in [-0.15, -0.1) is 0 Å². The summed E-state index contributed by atoms with van der Waals surface area (Å²) in [5, 5.41) is 0.273. The minimum atomic E-state index is -1.71. The van der Waals surface area contributed by atoms with E-state index in [0.717, 1.165) is 0 Å². The minimum absolute atomic E-state index is 0.196. The summed E-state index contributed by atoms with van der Waals surface area (Å²) in [5.41, 5.74) is 0.311. The molecule has 0 bridgehead atoms. The van der Waals surface area contributed by atoms with E-state index in [2.05, 4.69) is 47.7 Å². The number of carbonyl (C=O) groups is 1. The quantitative estimate of drug-likeness (QED) is 0.509. The maximum absolute atomic E-state index is 11.3. The van der Waals surface area contributed by atoms with Gasteiger partial charge in [-0.3, -0.25) is 0 Å². The highest BCUT2D eigenvalue weighted by atomic mass is 28.4. The molecule has 0 unspecified atom stereocenters. The Morgan fingerprint density at radius 1 is 1.23 bits per heavy atom. The van der Waals surface area contributed by atoms with Crippen LogP contribution in [0.15, 0.2) is 0 Å². The van der Waals surface area contributed by atoms with Gasteiger partial charge in [-0.25, -0.2) is 0 Å². The fraction of sp³-hybridized carbons (Fsp3) is 0.947. The molecule has 2 aliphatic carbocycles. The molecule has 2 nitrogen and oxygen atoms in total. The van der Waals surface area contributed by atoms with Crippen molar-refractivity contribution in [3.05, 3.63) is 0 Å². The molecule has 0 spiro atoms. The zero-order valence-electron chi connectivity index (χ0n) is 15.7. The van der Waals surface area contributed by atoms with Crippen molar-refractivity contribution >= 4 is 14.6 Å². The first kappa shape index (κ1) is 18.2. The van der Waals surface area contributed by atoms with Gasteiger partial charge in [-0.05, 0) is 61.1 Å². The predicted octanol–water partition coefficient (Wildman–Crippen LogP) is 5.43. The summed E-state index contributed by atoms with van der Waals surface area (Å²) in [4.78, 5) is 11.3. The van der Waals surface area contributed by atoms with Crippen molar-refractivity contribution in [2.45, 2.75) is 91.0 Å². The first-order chi connectivity index (χ1) is 10.0. The van der Waals surface area contributed by atoms with Crippen molar-refractivity contribution < 1.29 is 9.22 Å². The molecule has 0 aromatic carbocycles. The molecule has 0 aromatic rings. The number of aldehydes is 1. The minimum Gasteiger partial charge on any atom is -0.414 e. The summed E-state index contributed by atoms with van der Waals surface area (Å²) in [5.74, 6) is 1.41. The van der Waals surface area contributed by atoms with Crippen LogP contribution >= 0.6 is 0 Å². The van der Waals surface area contributed by atoms with E-state index >= 15 is 0 Å². The topological polar surface area (TPSA) is 26.3 Å². The smallest absolute Gasteiger partial charge is 0.192 e. The van der Waals surface area contributed by atoms with Crippen molar-refractivity contribution in [2.24, 2.45) is 23.2 Å². The lowest BCUT2D eigenvalue weighted by Crippen LogP contribution is -2.50. The number of rotatable bonds is 4. The molecule has 0 aliphatic heterocycles. The summed E-state index contributed by atoms with van der Waals surface area (Å²) >= 11 is 0. The van der Waals surface area contributed by atoms with E-state index in [1.807, 2.05) is 0 Å². The summed E-state index contributed by atoms with van der Waals surface area (Å²) in [6.07, 6.45) is 7.80. The number of hydrogen-bond donors (Lipinski definition) is 0. The van der Waals surface area contributed by atoms with Crippen LogP contribution in [0.3, 0.4) is 0 Å². The summed E-state index contributed by atoms with van der Waals surface area (Å²) in [7, 11) is -1.71. The van der Waals surface area contributed by atoms with Crippen LogP contribution in [0.2, 0.25) is 18.1 Å². The number of fused-ring (bicyclic) bond motifs is 1. The van der Waals surface area contributed by atoms with Gasteiger partial charge < -0.3 is 9.22 Å². The molecule has 0 aromatic heterocycles. The Kier molecular flexibility index (Phi) is 5.00. The fourth-order valence-corrected chi connectivity index (χ4v) is 6.21. The van der Waals surface area contributed by atoms with Crippen molar-refractivity contribution in [1.29, 1.82) is 0 Å². The third-order valence-electron chi connectivity index (χ3n) is 7.24. The Balaban J connectivity index is 2.18. The fourth-order valence-electron chi connectivity index (χ4n) is 4.81. The second-order valence-electron chi connectivity index (χ2n) is 9.60. The lowest BCUT2D eigenvalue weighted by molar-refractivity contribution is -0.114. The summed E-state index contributed by atoms with van der Waals surface area (Å²) < 4.78 is 6.83. The van der Waals surface area contributed by atoms with Gasteiger partial charge in [0.2, 0.25) is 0 Å². The van der Waals surface area contributed by atoms with Crippen LogP contribution in [0.1, 0.15) is 66.7 Å². The van der Waals surface area contributed by atoms with E-state index in [1.54, 1.807) is 0 Å². The highest BCUT2D eigenvalue weighted by Crippen LogP contribution is 2.58. The number of hydrogen-bond acceptors (Lipinski definition) is 2. The molecule has 2 rings (SSSR count). The Bertz CT molecular complexity index is 412. The second-order valence-corrected chi connectivity index (χ2v) is 14.4. The Labute approximate surface area is 138 Å². The van der Waals surface area contributed by atoms with Gasteiger partial charge in [0.25, 0.3) is 0 Å². The first-order valence-electron chi connectivity index (χ1n) is 9.16. The van der Waals surface area contributed by atoms with Gasteiger partial charge in [0.15, 0.2) is 8.32 Å². The van der Waals surface area contributed by atoms with Gasteiger partial charge in [-0.2, -0.15) is 0 Å². The summed E-state index contributed by atoms with van der Waals surface area (Å²) in [6.45, 7) is 16.3. The van der Waals surface area contributed by atoms with E-state index < -0.39 is 8.32 Å². The first-order valence-corrected chi connectivity index (χ1v) is 12.1. The molecule has 0 amide bonds. The number of carbonyl (C=O) groups excluding carboxylic acids is 1. The zero-order valence-corrected chi connectivity index (χ0v) is 16.7. The highest BCUT2D eigenvalue weighted by molar-refractivity contribution is 6.74. The lowest BCUT2D eigenvalue weighted by Gasteiger charge is -2.49. The average Bonchev–Trinajstić information content (AvgIpc) is 2.74. The molecular weight excluding hydrogens is 288 g/mol. The van der Waals surface area contributed by atoms with E-state index in [-0.39, 0.29) is 11.0 Å². The van der Waals surface area contributed by atoms with Crippen LogP contribution in [0.5, 0.6) is 0 Å². The lowest BCUT2D eigenvalue weighted by atomic mass is 9.62. The van der Waals surface area contributed by atoms with Gasteiger partial charge >= 0.3 is 0 Å². The van der Waals surface area contributed by atoms with E-state index in [1.165, 1.54) is 38.4 Å². The largest absolute Gasteiger partial charge is 0.414 e. The molecule has 2 saturated carbocycles. The van der Waals surface area contributed by atoms with E-state index in [0.29, 0.717) is 23.4 Å². The van der Waals surface area contributed by atoms with Crippen LogP contribution in [0.4, 0.5) is 0 Å². The van der Waals surface area contributed by atoms with Crippen LogP contribution in [-0.4, -0.2) is 20.7 Å². The van der Waals surface area contributed by atoms with Crippen molar-refractivity contribution in [3.8, 4) is 0 Å². The molecule has 0 radical (unpaired) electrons. The van der Waals surface area contributed by atoms with Crippen LogP contribution in [0.25, 0.3) is 0 Å². The molecular formula is C19H36O2Si. The predicted molar refractivity (Wildman–Crippen MR) is 95.5 cm³/mol. The molecule has 22 heavy (non-hydrogen) atoms. The van der Waals surface area contributed by atoms with Crippen molar-refractivity contribution in [2.75, 3.05) is 0 Å². The van der Waals surface area contributed by atoms with E-state index in [4.69, 9.17) is 4.43 Å². The molecule has 3 heteroatoms. The summed E-state index contributed by atoms with van der Waals surface area (Å²) in [6, 6.07) is 0. The van der Waals surface area contributed by atoms with Crippen molar-refractivity contribution in [1.82, 2.24) is 0 Å². The van der Waals surface area contributed by atoms with Crippen LogP contribution in [-0.2, 0) is 9.22 Å². The third kappa shape index (κ3) is 3.08. The average molecular weight is 325 g/mol. The van der Waals surface area contributed by atoms with Crippen LogP contribution in [0, 0.1) is 23.2 Å². The van der Waals surface area contributed by atoms with E-state index in [9.17, 15) is 4.79 Å². The maximum Gasteiger partial charge on any atom is 0.192 e. The van der Waals surface area contributed by atoms with Gasteiger partial charge in [0.05, 0.1) is 0 Å². The molecule has 2 fully saturated rings. The standard InChI is InChI=1S/C19H36O2Si/c1-14(13-20)15-10-11-16-17(9-8-12-19(15,16)5)21-22(6,7)18(2,3)4/h13-17H,8-12H2,1-7H3/t14-,15-,16+,17+,19+/m1/s1. The van der Waals surface area contributed by atoms with Gasteiger partial charge in [-0.1, -0.05) is 41.0 Å². The Morgan fingerprint density at radius 2 is 1.86 bits per heavy atom. The molecule has 0 saturated heterocycles. The molecule has 5 atom stereocenters. The Hall–Kier alpha value is -0.153. The third-order valence-corrected chi connectivity index (χ3v) is 11.7. The maximum atomic E-state index is 11.3. The van der Waals surface area contributed by atoms with Crippen molar-refractivity contribution in [3.63, 3.8) is 0 Å². The zero-order chi connectivity index (χ0) is 16.8. The second kappa shape index (κ2) is 6.05. The monoisotopic (exact) mass is 324 g/mol. The normalized spacial score (nSPS) is 37.7.